The molecule has 1 fully saturated rings. The molecule has 4 rings (SSSR count). The molecule has 1 aliphatic heterocycles. The number of ether oxygens (including phenoxy) is 1. The number of halogens is 1. The molecule has 1 N–H and O–H groups in total. The number of nitrogens with zero attached hydrogens (tertiary/aromatic N) is 1. The van der Waals surface area contributed by atoms with Crippen molar-refractivity contribution in [3.63, 3.8) is 0 Å². The van der Waals surface area contributed by atoms with E-state index in [0.717, 1.165) is 9.37 Å². The molecule has 2 heterocycles. The monoisotopic (exact) mass is 514 g/mol. The highest BCUT2D eigenvalue weighted by atomic mass is 79.9. The molecule has 2 aromatic carbocycles. The lowest BCUT2D eigenvalue weighted by Gasteiger charge is -2.28. The number of furan rings is 1. The summed E-state index contributed by atoms with van der Waals surface area (Å²) in [6.07, 6.45) is 1.41. The van der Waals surface area contributed by atoms with Gasteiger partial charge in [-0.2, -0.15) is 0 Å². The van der Waals surface area contributed by atoms with Crippen molar-refractivity contribution in [1.82, 2.24) is 5.32 Å². The first-order valence-corrected chi connectivity index (χ1v) is 11.1. The molecule has 6 nitrogen and oxygen atoms in total. The molecular formula is C22H15BrN2O4S2. The van der Waals surface area contributed by atoms with Crippen LogP contribution in [-0.4, -0.2) is 24.0 Å². The summed E-state index contributed by atoms with van der Waals surface area (Å²) in [4.78, 5) is 27.9. The fraction of sp³-hybridized carbons (Fsp3) is 0.0455. The highest BCUT2D eigenvalue weighted by Crippen LogP contribution is 2.36. The van der Waals surface area contributed by atoms with E-state index in [9.17, 15) is 9.59 Å². The predicted molar refractivity (Wildman–Crippen MR) is 126 cm³/mol. The lowest BCUT2D eigenvalue weighted by Crippen LogP contribution is -2.54. The Balaban J connectivity index is 1.63. The summed E-state index contributed by atoms with van der Waals surface area (Å²) in [6.45, 7) is 0. The van der Waals surface area contributed by atoms with Gasteiger partial charge in [-0.1, -0.05) is 30.0 Å². The Labute approximate surface area is 196 Å². The van der Waals surface area contributed by atoms with Gasteiger partial charge in [0, 0.05) is 4.90 Å². The number of amides is 2. The summed E-state index contributed by atoms with van der Waals surface area (Å²) < 4.78 is 11.7. The van der Waals surface area contributed by atoms with Gasteiger partial charge in [0.05, 0.1) is 17.3 Å². The first-order valence-electron chi connectivity index (χ1n) is 9.04. The molecule has 9 heteroatoms. The summed E-state index contributed by atoms with van der Waals surface area (Å²) >= 11 is 10.1. The van der Waals surface area contributed by atoms with E-state index in [1.165, 1.54) is 22.7 Å². The van der Waals surface area contributed by atoms with Crippen LogP contribution in [0.25, 0.3) is 6.08 Å². The fourth-order valence-electron chi connectivity index (χ4n) is 2.87. The van der Waals surface area contributed by atoms with Crippen LogP contribution in [0.3, 0.4) is 0 Å². The van der Waals surface area contributed by atoms with Crippen LogP contribution in [0.4, 0.5) is 5.69 Å². The molecule has 0 radical (unpaired) electrons. The third-order valence-corrected chi connectivity index (χ3v) is 6.48. The molecule has 0 spiro atoms. The molecule has 1 aromatic heterocycles. The van der Waals surface area contributed by atoms with Crippen molar-refractivity contribution in [3.05, 3.63) is 76.5 Å². The van der Waals surface area contributed by atoms with Gasteiger partial charge in [0.25, 0.3) is 11.8 Å². The minimum atomic E-state index is -0.579. The second-order valence-corrected chi connectivity index (χ2v) is 8.64. The Morgan fingerprint density at radius 3 is 2.52 bits per heavy atom. The first kappa shape index (κ1) is 21.4. The Morgan fingerprint density at radius 1 is 1.13 bits per heavy atom. The highest BCUT2D eigenvalue weighted by Gasteiger charge is 2.34. The van der Waals surface area contributed by atoms with Crippen molar-refractivity contribution in [1.29, 1.82) is 0 Å². The Bertz CT molecular complexity index is 1190. The largest absolute Gasteiger partial charge is 0.497 e. The average molecular weight is 515 g/mol. The number of hydrogen-bond donors (Lipinski definition) is 1. The lowest BCUT2D eigenvalue weighted by atomic mass is 10.1. The molecule has 0 atom stereocenters. The summed E-state index contributed by atoms with van der Waals surface area (Å²) in [5.74, 6) is -0.109. The first-order chi connectivity index (χ1) is 15.0. The van der Waals surface area contributed by atoms with Gasteiger partial charge < -0.3 is 9.15 Å². The topological polar surface area (TPSA) is 71.8 Å². The van der Waals surface area contributed by atoms with Crippen molar-refractivity contribution in [3.8, 4) is 5.75 Å². The SMILES string of the molecule is COc1ccc(N2C(=O)/C(=C/c3cc(Br)c(Sc4ccccc4)o3)C(=O)NC2=S)cc1. The van der Waals surface area contributed by atoms with E-state index in [-0.39, 0.29) is 10.7 Å². The molecule has 0 unspecified atom stereocenters. The normalized spacial score (nSPS) is 15.4. The molecule has 1 aliphatic rings. The van der Waals surface area contributed by atoms with Crippen LogP contribution in [0.5, 0.6) is 5.75 Å². The van der Waals surface area contributed by atoms with E-state index >= 15 is 0 Å². The predicted octanol–water partition coefficient (Wildman–Crippen LogP) is 5.03. The maximum atomic E-state index is 13.1. The van der Waals surface area contributed by atoms with E-state index in [1.54, 1.807) is 37.4 Å². The van der Waals surface area contributed by atoms with E-state index in [1.807, 2.05) is 30.3 Å². The Kier molecular flexibility index (Phi) is 6.26. The number of nitrogens with one attached hydrogen (secondary N) is 1. The third-order valence-electron chi connectivity index (χ3n) is 4.35. The van der Waals surface area contributed by atoms with E-state index in [0.29, 0.717) is 22.3 Å². The second-order valence-electron chi connectivity index (χ2n) is 6.36. The third kappa shape index (κ3) is 4.58. The quantitative estimate of drug-likeness (QED) is 0.292. The van der Waals surface area contributed by atoms with Gasteiger partial charge in [-0.05, 0) is 76.7 Å². The van der Waals surface area contributed by atoms with Crippen LogP contribution in [-0.2, 0) is 9.59 Å². The summed E-state index contributed by atoms with van der Waals surface area (Å²) in [7, 11) is 1.55. The van der Waals surface area contributed by atoms with Gasteiger partial charge in [0.1, 0.15) is 17.1 Å². The van der Waals surface area contributed by atoms with E-state index < -0.39 is 11.8 Å². The molecule has 156 valence electrons. The zero-order chi connectivity index (χ0) is 22.0. The van der Waals surface area contributed by atoms with Gasteiger partial charge >= 0.3 is 0 Å². The number of rotatable bonds is 5. The molecule has 0 bridgehead atoms. The second kappa shape index (κ2) is 9.09. The van der Waals surface area contributed by atoms with Crippen molar-refractivity contribution in [2.45, 2.75) is 9.99 Å². The lowest BCUT2D eigenvalue weighted by molar-refractivity contribution is -0.122. The fourth-order valence-corrected chi connectivity index (χ4v) is 4.50. The number of thiocarbonyl (C=S) groups is 1. The molecule has 31 heavy (non-hydrogen) atoms. The van der Waals surface area contributed by atoms with Crippen LogP contribution in [0.2, 0.25) is 0 Å². The van der Waals surface area contributed by atoms with Crippen LogP contribution in [0.15, 0.2) is 85.1 Å². The molecular weight excluding hydrogens is 500 g/mol. The average Bonchev–Trinajstić information content (AvgIpc) is 3.11. The van der Waals surface area contributed by atoms with Crippen molar-refractivity contribution < 1.29 is 18.7 Å². The molecule has 1 saturated heterocycles. The molecule has 0 aliphatic carbocycles. The van der Waals surface area contributed by atoms with E-state index in [2.05, 4.69) is 21.2 Å². The number of benzene rings is 2. The summed E-state index contributed by atoms with van der Waals surface area (Å²) in [6, 6.07) is 18.2. The van der Waals surface area contributed by atoms with Crippen LogP contribution in [0.1, 0.15) is 5.76 Å². The Hall–Kier alpha value is -2.88. The maximum absolute atomic E-state index is 13.1. The smallest absolute Gasteiger partial charge is 0.270 e. The van der Waals surface area contributed by atoms with Crippen molar-refractivity contribution >= 4 is 68.6 Å². The number of carbonyl (C=O) groups is 2. The standard InChI is InChI=1S/C22H15BrN2O4S2/c1-28-14-9-7-13(8-10-14)25-20(27)17(19(26)24-22(25)30)11-15-12-18(23)21(29-15)31-16-5-3-2-4-6-16/h2-12H,1H3,(H,24,26,30)/b17-11+. The number of hydrogen-bond acceptors (Lipinski definition) is 6. The van der Waals surface area contributed by atoms with Crippen LogP contribution >= 0.6 is 39.9 Å². The highest BCUT2D eigenvalue weighted by molar-refractivity contribution is 9.10. The van der Waals surface area contributed by atoms with E-state index in [4.69, 9.17) is 21.4 Å². The minimum absolute atomic E-state index is 0.0123. The summed E-state index contributed by atoms with van der Waals surface area (Å²) in [5.41, 5.74) is 0.435. The van der Waals surface area contributed by atoms with Gasteiger partial charge in [0.15, 0.2) is 10.2 Å². The van der Waals surface area contributed by atoms with Crippen molar-refractivity contribution in [2.24, 2.45) is 0 Å². The maximum Gasteiger partial charge on any atom is 0.270 e. The van der Waals surface area contributed by atoms with Crippen LogP contribution in [0, 0.1) is 0 Å². The van der Waals surface area contributed by atoms with Crippen molar-refractivity contribution in [2.75, 3.05) is 12.0 Å². The number of anilines is 1. The van der Waals surface area contributed by atoms with Crippen LogP contribution < -0.4 is 15.0 Å². The molecule has 3 aromatic rings. The zero-order valence-electron chi connectivity index (χ0n) is 16.1. The summed E-state index contributed by atoms with van der Waals surface area (Å²) in [5, 5.41) is 3.19. The zero-order valence-corrected chi connectivity index (χ0v) is 19.3. The number of methoxy groups -OCH3 is 1. The Morgan fingerprint density at radius 2 is 1.84 bits per heavy atom. The van der Waals surface area contributed by atoms with Gasteiger partial charge in [-0.25, -0.2) is 0 Å². The van der Waals surface area contributed by atoms with Gasteiger partial charge in [-0.15, -0.1) is 0 Å². The minimum Gasteiger partial charge on any atom is -0.497 e. The molecule has 0 saturated carbocycles. The van der Waals surface area contributed by atoms with Gasteiger partial charge in [0.2, 0.25) is 0 Å². The van der Waals surface area contributed by atoms with Gasteiger partial charge in [-0.3, -0.25) is 19.8 Å². The number of carbonyl (C=O) groups excluding carboxylic acids is 2. The molecule has 2 amide bonds.